The molecule has 1 aromatic rings. The van der Waals surface area contributed by atoms with Crippen LogP contribution in [0.4, 0.5) is 17.5 Å². The number of nitrogens with zero attached hydrogens (tertiary/aromatic N) is 4. The third-order valence-corrected chi connectivity index (χ3v) is 3.40. The summed E-state index contributed by atoms with van der Waals surface area (Å²) in [6.45, 7) is 2.24. The van der Waals surface area contributed by atoms with E-state index in [4.69, 9.17) is 4.74 Å². The fourth-order valence-electron chi connectivity index (χ4n) is 2.30. The van der Waals surface area contributed by atoms with E-state index in [1.165, 1.54) is 6.20 Å². The molecule has 1 N–H and O–H groups in total. The highest BCUT2D eigenvalue weighted by Gasteiger charge is 2.23. The molecule has 0 spiro atoms. The van der Waals surface area contributed by atoms with Gasteiger partial charge in [0, 0.05) is 33.9 Å². The molecule has 8 nitrogen and oxygen atoms in total. The number of hydrogen-bond acceptors (Lipinski definition) is 7. The maximum atomic E-state index is 11.1. The van der Waals surface area contributed by atoms with Crippen LogP contribution in [0.25, 0.3) is 0 Å². The SMILES string of the molecule is CNc1ncc([N+](=O)[O-])c(N(C)CC2CCOCC2)n1. The van der Waals surface area contributed by atoms with Crippen LogP contribution in [0.2, 0.25) is 0 Å². The average molecular weight is 281 g/mol. The topological polar surface area (TPSA) is 93.4 Å². The lowest BCUT2D eigenvalue weighted by molar-refractivity contribution is -0.384. The van der Waals surface area contributed by atoms with Crippen LogP contribution >= 0.6 is 0 Å². The Kier molecular flexibility index (Phi) is 4.67. The lowest BCUT2D eigenvalue weighted by Gasteiger charge is -2.27. The molecule has 1 aromatic heterocycles. The van der Waals surface area contributed by atoms with Crippen molar-refractivity contribution >= 4 is 17.5 Å². The van der Waals surface area contributed by atoms with E-state index >= 15 is 0 Å². The molecule has 0 atom stereocenters. The van der Waals surface area contributed by atoms with E-state index in [0.29, 0.717) is 17.7 Å². The van der Waals surface area contributed by atoms with Gasteiger partial charge in [-0.25, -0.2) is 4.98 Å². The molecule has 0 bridgehead atoms. The molecule has 0 aromatic carbocycles. The highest BCUT2D eigenvalue weighted by Crippen LogP contribution is 2.27. The van der Waals surface area contributed by atoms with Crippen LogP contribution in [0, 0.1) is 16.0 Å². The molecule has 2 rings (SSSR count). The molecule has 1 fully saturated rings. The van der Waals surface area contributed by atoms with E-state index < -0.39 is 4.92 Å². The standard InChI is InChI=1S/C12H19N5O3/c1-13-12-14-7-10(17(18)19)11(15-12)16(2)8-9-3-5-20-6-4-9/h7,9H,3-6,8H2,1-2H3,(H,13,14,15). The van der Waals surface area contributed by atoms with Crippen molar-refractivity contribution in [1.82, 2.24) is 9.97 Å². The van der Waals surface area contributed by atoms with Crippen molar-refractivity contribution < 1.29 is 9.66 Å². The molecule has 0 amide bonds. The van der Waals surface area contributed by atoms with E-state index in [0.717, 1.165) is 32.6 Å². The smallest absolute Gasteiger partial charge is 0.329 e. The molecule has 1 aliphatic rings. The zero-order valence-electron chi connectivity index (χ0n) is 11.7. The van der Waals surface area contributed by atoms with Crippen molar-refractivity contribution in [2.75, 3.05) is 44.1 Å². The molecule has 1 aliphatic heterocycles. The number of nitro groups is 1. The monoisotopic (exact) mass is 281 g/mol. The third kappa shape index (κ3) is 3.32. The van der Waals surface area contributed by atoms with Gasteiger partial charge in [-0.3, -0.25) is 10.1 Å². The van der Waals surface area contributed by atoms with Crippen LogP contribution in [0.1, 0.15) is 12.8 Å². The molecular weight excluding hydrogens is 262 g/mol. The second kappa shape index (κ2) is 6.47. The minimum Gasteiger partial charge on any atom is -0.381 e. The van der Waals surface area contributed by atoms with E-state index in [2.05, 4.69) is 15.3 Å². The summed E-state index contributed by atoms with van der Waals surface area (Å²) in [4.78, 5) is 20.6. The van der Waals surface area contributed by atoms with Gasteiger partial charge in [-0.2, -0.15) is 4.98 Å². The summed E-state index contributed by atoms with van der Waals surface area (Å²) in [7, 11) is 3.51. The molecule has 0 unspecified atom stereocenters. The third-order valence-electron chi connectivity index (χ3n) is 3.40. The van der Waals surface area contributed by atoms with Gasteiger partial charge < -0.3 is 15.0 Å². The second-order valence-corrected chi connectivity index (χ2v) is 4.85. The van der Waals surface area contributed by atoms with Crippen LogP contribution in [-0.4, -0.2) is 48.7 Å². The number of ether oxygens (including phenoxy) is 1. The normalized spacial score (nSPS) is 15.9. The minimum atomic E-state index is -0.449. The molecule has 1 saturated heterocycles. The van der Waals surface area contributed by atoms with Gasteiger partial charge >= 0.3 is 5.69 Å². The van der Waals surface area contributed by atoms with Gasteiger partial charge in [0.25, 0.3) is 0 Å². The lowest BCUT2D eigenvalue weighted by atomic mass is 10.00. The fraction of sp³-hybridized carbons (Fsp3) is 0.667. The Balaban J connectivity index is 2.17. The van der Waals surface area contributed by atoms with Gasteiger partial charge in [-0.1, -0.05) is 0 Å². The predicted octanol–water partition coefficient (Wildman–Crippen LogP) is 1.29. The van der Waals surface area contributed by atoms with Gasteiger partial charge in [-0.05, 0) is 18.8 Å². The van der Waals surface area contributed by atoms with Gasteiger partial charge in [0.2, 0.25) is 11.8 Å². The summed E-state index contributed by atoms with van der Waals surface area (Å²) in [5.74, 6) is 1.20. The van der Waals surface area contributed by atoms with Crippen LogP contribution in [-0.2, 0) is 4.74 Å². The van der Waals surface area contributed by atoms with Crippen molar-refractivity contribution in [3.8, 4) is 0 Å². The van der Waals surface area contributed by atoms with E-state index in [1.54, 1.807) is 7.05 Å². The van der Waals surface area contributed by atoms with Gasteiger partial charge in [-0.15, -0.1) is 0 Å². The Bertz CT molecular complexity index is 476. The highest BCUT2D eigenvalue weighted by molar-refractivity contribution is 5.58. The second-order valence-electron chi connectivity index (χ2n) is 4.85. The first-order valence-electron chi connectivity index (χ1n) is 6.60. The predicted molar refractivity (Wildman–Crippen MR) is 75.0 cm³/mol. The van der Waals surface area contributed by atoms with Gasteiger partial charge in [0.15, 0.2) is 0 Å². The Hall–Kier alpha value is -1.96. The van der Waals surface area contributed by atoms with Crippen molar-refractivity contribution in [3.05, 3.63) is 16.3 Å². The van der Waals surface area contributed by atoms with Crippen molar-refractivity contribution in [2.24, 2.45) is 5.92 Å². The van der Waals surface area contributed by atoms with Crippen molar-refractivity contribution in [2.45, 2.75) is 12.8 Å². The quantitative estimate of drug-likeness (QED) is 0.642. The number of nitrogens with one attached hydrogen (secondary N) is 1. The van der Waals surface area contributed by atoms with E-state index in [-0.39, 0.29) is 5.69 Å². The van der Waals surface area contributed by atoms with E-state index in [1.807, 2.05) is 11.9 Å². The lowest BCUT2D eigenvalue weighted by Crippen LogP contribution is -2.30. The zero-order chi connectivity index (χ0) is 14.5. The molecule has 8 heteroatoms. The number of rotatable bonds is 5. The Labute approximate surface area is 117 Å². The molecular formula is C12H19N5O3. The molecule has 0 aliphatic carbocycles. The van der Waals surface area contributed by atoms with Crippen LogP contribution in [0.3, 0.4) is 0 Å². The van der Waals surface area contributed by atoms with Crippen LogP contribution < -0.4 is 10.2 Å². The number of hydrogen-bond donors (Lipinski definition) is 1. The van der Waals surface area contributed by atoms with Crippen molar-refractivity contribution in [1.29, 1.82) is 0 Å². The number of aromatic nitrogens is 2. The molecule has 110 valence electrons. The van der Waals surface area contributed by atoms with E-state index in [9.17, 15) is 10.1 Å². The highest BCUT2D eigenvalue weighted by atomic mass is 16.6. The van der Waals surface area contributed by atoms with Gasteiger partial charge in [0.1, 0.15) is 6.20 Å². The molecule has 2 heterocycles. The summed E-state index contributed by atoms with van der Waals surface area (Å²) < 4.78 is 5.32. The largest absolute Gasteiger partial charge is 0.381 e. The summed E-state index contributed by atoms with van der Waals surface area (Å²) in [5.41, 5.74) is -0.0708. The minimum absolute atomic E-state index is 0.0708. The van der Waals surface area contributed by atoms with Crippen LogP contribution in [0.15, 0.2) is 6.20 Å². The maximum Gasteiger partial charge on any atom is 0.329 e. The Morgan fingerprint density at radius 1 is 1.55 bits per heavy atom. The summed E-state index contributed by atoms with van der Waals surface area (Å²) >= 11 is 0. The Morgan fingerprint density at radius 2 is 2.25 bits per heavy atom. The first-order chi connectivity index (χ1) is 9.61. The van der Waals surface area contributed by atoms with Crippen molar-refractivity contribution in [3.63, 3.8) is 0 Å². The summed E-state index contributed by atoms with van der Waals surface area (Å²) in [6, 6.07) is 0. The molecule has 0 saturated carbocycles. The fourth-order valence-corrected chi connectivity index (χ4v) is 2.30. The number of anilines is 2. The van der Waals surface area contributed by atoms with Gasteiger partial charge in [0.05, 0.1) is 4.92 Å². The first kappa shape index (κ1) is 14.4. The Morgan fingerprint density at radius 3 is 2.85 bits per heavy atom. The molecule has 0 radical (unpaired) electrons. The van der Waals surface area contributed by atoms with Crippen LogP contribution in [0.5, 0.6) is 0 Å². The summed E-state index contributed by atoms with van der Waals surface area (Å²) in [6.07, 6.45) is 3.19. The first-order valence-corrected chi connectivity index (χ1v) is 6.60. The maximum absolute atomic E-state index is 11.1. The molecule has 20 heavy (non-hydrogen) atoms. The average Bonchev–Trinajstić information content (AvgIpc) is 2.47. The zero-order valence-corrected chi connectivity index (χ0v) is 11.7. The summed E-state index contributed by atoms with van der Waals surface area (Å²) in [5, 5.41) is 13.9.